The molecule has 12 heteroatoms. The van der Waals surface area contributed by atoms with Gasteiger partial charge in [-0.05, 0) is 74.0 Å². The van der Waals surface area contributed by atoms with E-state index in [9.17, 15) is 18.0 Å². The fourth-order valence-electron chi connectivity index (χ4n) is 4.92. The van der Waals surface area contributed by atoms with Gasteiger partial charge in [-0.2, -0.15) is 0 Å². The number of sulfone groups is 1. The van der Waals surface area contributed by atoms with Gasteiger partial charge in [0.05, 0.1) is 6.61 Å². The second kappa shape index (κ2) is 13.4. The Labute approximate surface area is 244 Å². The molecule has 0 spiro atoms. The van der Waals surface area contributed by atoms with E-state index in [4.69, 9.17) is 14.7 Å². The number of amides is 1. The van der Waals surface area contributed by atoms with E-state index in [0.29, 0.717) is 48.0 Å². The smallest absolute Gasteiger partial charge is 0.264 e. The first-order valence-electron chi connectivity index (χ1n) is 13.9. The number of likely N-dealkylation sites (N-methyl/N-ethyl adjacent to an activating group) is 1. The van der Waals surface area contributed by atoms with Crippen molar-refractivity contribution < 1.29 is 32.3 Å². The number of hydrogen-bond donors (Lipinski definition) is 2. The third kappa shape index (κ3) is 7.24. The van der Waals surface area contributed by atoms with Gasteiger partial charge in [0.1, 0.15) is 5.82 Å². The monoisotopic (exact) mass is 603 g/mol. The van der Waals surface area contributed by atoms with Gasteiger partial charge in [0.15, 0.2) is 20.9 Å². The van der Waals surface area contributed by atoms with Crippen LogP contribution in [0.4, 0.5) is 4.39 Å². The molecule has 2 unspecified atom stereocenters. The van der Waals surface area contributed by atoms with E-state index in [-0.39, 0.29) is 25.1 Å². The summed E-state index contributed by atoms with van der Waals surface area (Å²) in [4.78, 5) is 33.5. The van der Waals surface area contributed by atoms with Gasteiger partial charge in [-0.25, -0.2) is 23.1 Å². The molecule has 1 aromatic heterocycles. The molecule has 2 heterocycles. The Hall–Kier alpha value is -3.16. The van der Waals surface area contributed by atoms with E-state index in [1.54, 1.807) is 30.3 Å². The molecule has 0 aliphatic carbocycles. The van der Waals surface area contributed by atoms with Gasteiger partial charge in [0.25, 0.3) is 11.5 Å². The van der Waals surface area contributed by atoms with Gasteiger partial charge in [-0.3, -0.25) is 14.5 Å². The Morgan fingerprint density at radius 2 is 2.02 bits per heavy atom. The van der Waals surface area contributed by atoms with E-state index < -0.39 is 32.6 Å². The Morgan fingerprint density at radius 1 is 1.24 bits per heavy atom. The van der Waals surface area contributed by atoms with Crippen LogP contribution in [0.5, 0.6) is 0 Å². The van der Waals surface area contributed by atoms with E-state index in [1.807, 2.05) is 18.0 Å². The first-order chi connectivity index (χ1) is 19.9. The maximum absolute atomic E-state index is 15.0. The van der Waals surface area contributed by atoms with Crippen molar-refractivity contribution in [3.8, 4) is 11.1 Å². The summed E-state index contributed by atoms with van der Waals surface area (Å²) in [6, 6.07) is 11.7. The number of carbonyl (C=O) groups is 1. The highest BCUT2D eigenvalue weighted by Gasteiger charge is 2.44. The molecule has 1 aliphatic heterocycles. The summed E-state index contributed by atoms with van der Waals surface area (Å²) in [5.74, 6) is -1.22. The normalized spacial score (nSPS) is 17.3. The van der Waals surface area contributed by atoms with Crippen molar-refractivity contribution in [2.24, 2.45) is 0 Å². The summed E-state index contributed by atoms with van der Waals surface area (Å²) in [5.41, 5.74) is 3.67. The SMILES string of the molecule is CN(CCO)Cc1ccc(-c2ccc3c(=O)n(CCC(C)(C(=O)NOC4CCCCO4)S(C)(=O)=O)ccc3c2)c(F)c1. The number of benzene rings is 2. The molecule has 1 fully saturated rings. The van der Waals surface area contributed by atoms with Crippen molar-refractivity contribution in [1.82, 2.24) is 14.9 Å². The molecule has 2 atom stereocenters. The molecule has 1 aliphatic rings. The summed E-state index contributed by atoms with van der Waals surface area (Å²) in [5, 5.41) is 10.1. The van der Waals surface area contributed by atoms with Crippen LogP contribution in [-0.2, 0) is 37.3 Å². The Bertz CT molecular complexity index is 1590. The third-order valence-electron chi connectivity index (χ3n) is 7.81. The van der Waals surface area contributed by atoms with Crippen LogP contribution in [0.3, 0.4) is 0 Å². The third-order valence-corrected chi connectivity index (χ3v) is 9.83. The van der Waals surface area contributed by atoms with Gasteiger partial charge in [0.2, 0.25) is 0 Å². The number of hydrogen-bond acceptors (Lipinski definition) is 8. The molecular weight excluding hydrogens is 565 g/mol. The van der Waals surface area contributed by atoms with Crippen molar-refractivity contribution in [3.63, 3.8) is 0 Å². The zero-order valence-corrected chi connectivity index (χ0v) is 25.0. The van der Waals surface area contributed by atoms with Crippen LogP contribution in [-0.4, -0.2) is 73.0 Å². The molecule has 228 valence electrons. The number of hydroxylamine groups is 1. The number of carbonyl (C=O) groups excluding carboxylic acids is 1. The van der Waals surface area contributed by atoms with Crippen LogP contribution in [0.1, 0.15) is 38.2 Å². The summed E-state index contributed by atoms with van der Waals surface area (Å²) in [6.45, 7) is 2.78. The fraction of sp³-hybridized carbons (Fsp3) is 0.467. The second-order valence-electron chi connectivity index (χ2n) is 11.0. The number of aryl methyl sites for hydroxylation is 1. The lowest BCUT2D eigenvalue weighted by atomic mass is 10.00. The number of rotatable bonds is 12. The van der Waals surface area contributed by atoms with Gasteiger partial charge < -0.3 is 14.4 Å². The van der Waals surface area contributed by atoms with Crippen LogP contribution < -0.4 is 11.0 Å². The van der Waals surface area contributed by atoms with E-state index in [2.05, 4.69) is 5.48 Å². The summed E-state index contributed by atoms with van der Waals surface area (Å²) >= 11 is 0. The van der Waals surface area contributed by atoms with Gasteiger partial charge in [-0.15, -0.1) is 0 Å². The number of nitrogens with zero attached hydrogens (tertiary/aromatic N) is 2. The number of pyridine rings is 1. The number of fused-ring (bicyclic) bond motifs is 1. The minimum Gasteiger partial charge on any atom is -0.395 e. The highest BCUT2D eigenvalue weighted by atomic mass is 32.2. The largest absolute Gasteiger partial charge is 0.395 e. The molecule has 0 saturated carbocycles. The minimum atomic E-state index is -3.89. The molecule has 1 saturated heterocycles. The lowest BCUT2D eigenvalue weighted by molar-refractivity contribution is -0.201. The molecule has 4 rings (SSSR count). The zero-order valence-electron chi connectivity index (χ0n) is 24.1. The fourth-order valence-corrected chi connectivity index (χ4v) is 5.76. The number of aliphatic hydroxyl groups is 1. The molecule has 1 amide bonds. The molecule has 0 bridgehead atoms. The number of aliphatic hydroxyl groups excluding tert-OH is 1. The van der Waals surface area contributed by atoms with Crippen LogP contribution in [0.15, 0.2) is 53.5 Å². The van der Waals surface area contributed by atoms with E-state index >= 15 is 4.39 Å². The molecular formula is C30H38FN3O7S. The van der Waals surface area contributed by atoms with Crippen molar-refractivity contribution >= 4 is 26.5 Å². The number of nitrogens with one attached hydrogen (secondary N) is 1. The van der Waals surface area contributed by atoms with Crippen LogP contribution in [0.2, 0.25) is 0 Å². The van der Waals surface area contributed by atoms with Crippen molar-refractivity contribution in [1.29, 1.82) is 0 Å². The summed E-state index contributed by atoms with van der Waals surface area (Å²) in [7, 11) is -2.05. The Morgan fingerprint density at radius 3 is 2.69 bits per heavy atom. The number of aromatic nitrogens is 1. The maximum Gasteiger partial charge on any atom is 0.264 e. The number of ether oxygens (including phenoxy) is 1. The molecule has 0 radical (unpaired) electrons. The highest BCUT2D eigenvalue weighted by molar-refractivity contribution is 7.92. The average Bonchev–Trinajstić information content (AvgIpc) is 2.95. The molecule has 10 nitrogen and oxygen atoms in total. The minimum absolute atomic E-state index is 0.0212. The van der Waals surface area contributed by atoms with Crippen LogP contribution in [0.25, 0.3) is 21.9 Å². The lowest BCUT2D eigenvalue weighted by Gasteiger charge is -2.28. The topological polar surface area (TPSA) is 127 Å². The standard InChI is InChI=1S/C30H38FN3O7S/c1-30(42(3,38)39,29(37)32-41-27-6-4-5-17-40-27)12-14-34-13-11-23-19-22(8-10-25(23)28(34)36)24-9-7-21(18-26(24)31)20-33(2)15-16-35/h7-11,13,18-19,27,35H,4-6,12,14-17,20H2,1-3H3,(H,32,37). The Balaban J connectivity index is 1.51. The molecule has 2 aromatic carbocycles. The van der Waals surface area contributed by atoms with Crippen molar-refractivity contribution in [2.45, 2.75) is 56.7 Å². The molecule has 3 aromatic rings. The first-order valence-corrected chi connectivity index (χ1v) is 15.8. The van der Waals surface area contributed by atoms with Crippen molar-refractivity contribution in [2.75, 3.05) is 33.1 Å². The van der Waals surface area contributed by atoms with E-state index in [1.165, 1.54) is 23.8 Å². The van der Waals surface area contributed by atoms with Crippen LogP contribution in [0, 0.1) is 5.82 Å². The molecule has 42 heavy (non-hydrogen) atoms. The van der Waals surface area contributed by atoms with Crippen molar-refractivity contribution in [3.05, 3.63) is 70.4 Å². The maximum atomic E-state index is 15.0. The van der Waals surface area contributed by atoms with Gasteiger partial charge >= 0.3 is 0 Å². The van der Waals surface area contributed by atoms with Crippen LogP contribution >= 0.6 is 0 Å². The van der Waals surface area contributed by atoms with E-state index in [0.717, 1.165) is 24.7 Å². The highest BCUT2D eigenvalue weighted by Crippen LogP contribution is 2.27. The summed E-state index contributed by atoms with van der Waals surface area (Å²) in [6.07, 6.45) is 4.08. The van der Waals surface area contributed by atoms with Gasteiger partial charge in [0, 0.05) is 56.1 Å². The van der Waals surface area contributed by atoms with Gasteiger partial charge in [-0.1, -0.05) is 18.2 Å². The predicted molar refractivity (Wildman–Crippen MR) is 158 cm³/mol. The Kier molecular flexibility index (Phi) is 10.2. The first kappa shape index (κ1) is 31.8. The predicted octanol–water partition coefficient (Wildman–Crippen LogP) is 3.00. The molecule has 2 N–H and O–H groups in total. The average molecular weight is 604 g/mol. The summed E-state index contributed by atoms with van der Waals surface area (Å²) < 4.78 is 45.3. The zero-order chi connectivity index (χ0) is 30.5. The number of halogens is 1. The quantitative estimate of drug-likeness (QED) is 0.303. The second-order valence-corrected chi connectivity index (χ2v) is 13.4. The lowest BCUT2D eigenvalue weighted by Crippen LogP contribution is -2.51.